The highest BCUT2D eigenvalue weighted by Gasteiger charge is 2.18. The Balaban J connectivity index is 3.06. The van der Waals surface area contributed by atoms with Crippen molar-refractivity contribution in [2.75, 3.05) is 23.7 Å². The molecule has 0 radical (unpaired) electrons. The van der Waals surface area contributed by atoms with E-state index in [1.165, 1.54) is 6.07 Å². The van der Waals surface area contributed by atoms with E-state index in [1.807, 2.05) is 0 Å². The van der Waals surface area contributed by atoms with Crippen molar-refractivity contribution in [3.05, 3.63) is 18.2 Å². The van der Waals surface area contributed by atoms with Gasteiger partial charge in [0.05, 0.1) is 18.9 Å². The maximum absolute atomic E-state index is 11.6. The molecule has 0 saturated carbocycles. The molecule has 0 saturated heterocycles. The van der Waals surface area contributed by atoms with E-state index >= 15 is 0 Å². The first kappa shape index (κ1) is 16.1. The predicted molar refractivity (Wildman–Crippen MR) is 73.8 cm³/mol. The smallest absolute Gasteiger partial charge is 0.320 e. The van der Waals surface area contributed by atoms with Crippen LogP contribution in [0.1, 0.15) is 13.8 Å². The second-order valence-electron chi connectivity index (χ2n) is 3.78. The summed E-state index contributed by atoms with van der Waals surface area (Å²) < 4.78 is 36.0. The van der Waals surface area contributed by atoms with Gasteiger partial charge in [-0.2, -0.15) is 0 Å². The number of ether oxygens (including phenoxy) is 2. The van der Waals surface area contributed by atoms with Crippen LogP contribution in [0.4, 0.5) is 5.69 Å². The molecule has 0 aliphatic rings. The largest absolute Gasteiger partial charge is 0.494 e. The third-order valence-electron chi connectivity index (χ3n) is 2.14. The molecule has 1 aromatic carbocycles. The minimum absolute atomic E-state index is 0.152. The SMILES string of the molecule is CCOc1ccc(OCC)c(NS(=O)(=O)CC(=O)O)c1. The van der Waals surface area contributed by atoms with Gasteiger partial charge in [-0.1, -0.05) is 0 Å². The van der Waals surface area contributed by atoms with Crippen LogP contribution < -0.4 is 14.2 Å². The zero-order chi connectivity index (χ0) is 15.2. The number of aliphatic carboxylic acids is 1. The van der Waals surface area contributed by atoms with Gasteiger partial charge in [-0.05, 0) is 26.0 Å². The summed E-state index contributed by atoms with van der Waals surface area (Å²) in [4.78, 5) is 10.5. The molecule has 20 heavy (non-hydrogen) atoms. The summed E-state index contributed by atoms with van der Waals surface area (Å²) in [5.74, 6) is -1.68. The molecule has 1 aromatic rings. The van der Waals surface area contributed by atoms with E-state index in [2.05, 4.69) is 4.72 Å². The Morgan fingerprint density at radius 1 is 1.25 bits per heavy atom. The Morgan fingerprint density at radius 2 is 1.90 bits per heavy atom. The van der Waals surface area contributed by atoms with Crippen molar-refractivity contribution in [3.8, 4) is 11.5 Å². The molecule has 0 unspecified atom stereocenters. The van der Waals surface area contributed by atoms with Gasteiger partial charge in [-0.25, -0.2) is 8.42 Å². The molecule has 112 valence electrons. The lowest BCUT2D eigenvalue weighted by molar-refractivity contribution is -0.134. The van der Waals surface area contributed by atoms with Crippen molar-refractivity contribution in [2.24, 2.45) is 0 Å². The summed E-state index contributed by atoms with van der Waals surface area (Å²) in [5, 5.41) is 8.56. The van der Waals surface area contributed by atoms with Crippen molar-refractivity contribution in [1.29, 1.82) is 0 Å². The third kappa shape index (κ3) is 4.96. The predicted octanol–water partition coefficient (Wildman–Crippen LogP) is 1.31. The number of carbonyl (C=O) groups is 1. The van der Waals surface area contributed by atoms with Crippen LogP contribution in [0.5, 0.6) is 11.5 Å². The van der Waals surface area contributed by atoms with E-state index in [4.69, 9.17) is 14.6 Å². The summed E-state index contributed by atoms with van der Waals surface area (Å²) in [5.41, 5.74) is 0.152. The Labute approximate surface area is 117 Å². The van der Waals surface area contributed by atoms with Crippen LogP contribution in [-0.2, 0) is 14.8 Å². The molecule has 0 aliphatic heterocycles. The van der Waals surface area contributed by atoms with Crippen LogP contribution in [0.25, 0.3) is 0 Å². The number of anilines is 1. The first-order valence-electron chi connectivity index (χ1n) is 6.00. The topological polar surface area (TPSA) is 102 Å². The molecular formula is C12H17NO6S. The number of carboxylic acid groups (broad SMARTS) is 1. The normalized spacial score (nSPS) is 10.9. The average molecular weight is 303 g/mol. The molecule has 8 heteroatoms. The Morgan fingerprint density at radius 3 is 2.45 bits per heavy atom. The van der Waals surface area contributed by atoms with E-state index in [1.54, 1.807) is 26.0 Å². The zero-order valence-corrected chi connectivity index (χ0v) is 12.1. The number of carboxylic acids is 1. The molecule has 0 amide bonds. The molecule has 0 aliphatic carbocycles. The maximum Gasteiger partial charge on any atom is 0.320 e. The molecule has 2 N–H and O–H groups in total. The Bertz CT molecular complexity index is 569. The van der Waals surface area contributed by atoms with Gasteiger partial charge in [-0.3, -0.25) is 9.52 Å². The van der Waals surface area contributed by atoms with Crippen LogP contribution in [0.2, 0.25) is 0 Å². The molecule has 7 nitrogen and oxygen atoms in total. The standard InChI is InChI=1S/C12H17NO6S/c1-3-18-9-5-6-11(19-4-2)10(7-9)13-20(16,17)8-12(14)15/h5-7,13H,3-4,8H2,1-2H3,(H,14,15). The molecule has 0 heterocycles. The van der Waals surface area contributed by atoms with Crippen LogP contribution in [0.3, 0.4) is 0 Å². The molecule has 1 rings (SSSR count). The average Bonchev–Trinajstić information content (AvgIpc) is 2.30. The van der Waals surface area contributed by atoms with E-state index in [0.717, 1.165) is 0 Å². The first-order valence-corrected chi connectivity index (χ1v) is 7.65. The highest BCUT2D eigenvalue weighted by Crippen LogP contribution is 2.30. The van der Waals surface area contributed by atoms with Gasteiger partial charge in [0.1, 0.15) is 11.5 Å². The summed E-state index contributed by atoms with van der Waals surface area (Å²) in [6.07, 6.45) is 0. The second-order valence-corrected chi connectivity index (χ2v) is 5.50. The van der Waals surface area contributed by atoms with Crippen LogP contribution in [0, 0.1) is 0 Å². The van der Waals surface area contributed by atoms with Gasteiger partial charge in [0.25, 0.3) is 0 Å². The number of rotatable bonds is 8. The summed E-state index contributed by atoms with van der Waals surface area (Å²) in [6.45, 7) is 4.33. The van der Waals surface area contributed by atoms with Crippen molar-refractivity contribution in [1.82, 2.24) is 0 Å². The summed E-state index contributed by atoms with van der Waals surface area (Å²) >= 11 is 0. The fraction of sp³-hybridized carbons (Fsp3) is 0.417. The van der Waals surface area contributed by atoms with Crippen molar-refractivity contribution < 1.29 is 27.8 Å². The third-order valence-corrected chi connectivity index (χ3v) is 3.30. The quantitative estimate of drug-likeness (QED) is 0.750. The fourth-order valence-corrected chi connectivity index (χ4v) is 2.38. The number of benzene rings is 1. The van der Waals surface area contributed by atoms with Crippen LogP contribution in [0.15, 0.2) is 18.2 Å². The van der Waals surface area contributed by atoms with E-state index < -0.39 is 21.7 Å². The molecule has 0 aromatic heterocycles. The lowest BCUT2D eigenvalue weighted by atomic mass is 10.3. The monoisotopic (exact) mass is 303 g/mol. The molecule has 0 spiro atoms. The molecule has 0 atom stereocenters. The molecule has 0 fully saturated rings. The fourth-order valence-electron chi connectivity index (χ4n) is 1.49. The Hall–Kier alpha value is -1.96. The number of nitrogens with one attached hydrogen (secondary N) is 1. The minimum Gasteiger partial charge on any atom is -0.494 e. The lowest BCUT2D eigenvalue weighted by Gasteiger charge is -2.13. The van der Waals surface area contributed by atoms with Gasteiger partial charge >= 0.3 is 5.97 Å². The summed E-state index contributed by atoms with van der Waals surface area (Å²) in [7, 11) is -3.99. The van der Waals surface area contributed by atoms with Gasteiger partial charge in [0.15, 0.2) is 5.75 Å². The van der Waals surface area contributed by atoms with Gasteiger partial charge < -0.3 is 14.6 Å². The van der Waals surface area contributed by atoms with Crippen LogP contribution >= 0.6 is 0 Å². The zero-order valence-electron chi connectivity index (χ0n) is 11.3. The maximum atomic E-state index is 11.6. The van der Waals surface area contributed by atoms with Gasteiger partial charge in [-0.15, -0.1) is 0 Å². The summed E-state index contributed by atoms with van der Waals surface area (Å²) in [6, 6.07) is 4.66. The van der Waals surface area contributed by atoms with Crippen molar-refractivity contribution >= 4 is 21.7 Å². The second kappa shape index (κ2) is 6.99. The molecular weight excluding hydrogens is 286 g/mol. The van der Waals surface area contributed by atoms with Gasteiger partial charge in [0.2, 0.25) is 10.0 Å². The minimum atomic E-state index is -3.99. The molecule has 0 bridgehead atoms. The first-order chi connectivity index (χ1) is 9.38. The van der Waals surface area contributed by atoms with Gasteiger partial charge in [0, 0.05) is 6.07 Å². The number of sulfonamides is 1. The Kier molecular flexibility index (Phi) is 5.63. The van der Waals surface area contributed by atoms with Crippen molar-refractivity contribution in [2.45, 2.75) is 13.8 Å². The van der Waals surface area contributed by atoms with Crippen molar-refractivity contribution in [3.63, 3.8) is 0 Å². The number of hydrogen-bond donors (Lipinski definition) is 2. The lowest BCUT2D eigenvalue weighted by Crippen LogP contribution is -2.22. The highest BCUT2D eigenvalue weighted by molar-refractivity contribution is 7.93. The van der Waals surface area contributed by atoms with E-state index in [9.17, 15) is 13.2 Å². The van der Waals surface area contributed by atoms with E-state index in [0.29, 0.717) is 24.7 Å². The highest BCUT2D eigenvalue weighted by atomic mass is 32.2. The van der Waals surface area contributed by atoms with E-state index in [-0.39, 0.29) is 5.69 Å². The number of hydrogen-bond acceptors (Lipinski definition) is 5. The van der Waals surface area contributed by atoms with Crippen LogP contribution in [-0.4, -0.2) is 38.5 Å².